The molecule has 0 spiro atoms. The van der Waals surface area contributed by atoms with Gasteiger partial charge in [0.25, 0.3) is 0 Å². The molecule has 0 fully saturated rings. The number of rotatable bonds is 8. The maximum absolute atomic E-state index is 14.5. The summed E-state index contributed by atoms with van der Waals surface area (Å²) in [7, 11) is 0. The minimum atomic E-state index is -0.684. The third-order valence-electron chi connectivity index (χ3n) is 7.49. The fourth-order valence-electron chi connectivity index (χ4n) is 5.43. The molecule has 0 aliphatic heterocycles. The molecule has 1 aliphatic rings. The lowest BCUT2D eigenvalue weighted by molar-refractivity contribution is 0.0975. The second-order valence-electron chi connectivity index (χ2n) is 10.5. The van der Waals surface area contributed by atoms with Gasteiger partial charge < -0.3 is 30.3 Å². The van der Waals surface area contributed by atoms with Crippen molar-refractivity contribution in [3.05, 3.63) is 156 Å². The molecule has 0 atom stereocenters. The maximum Gasteiger partial charge on any atom is 0.200 e. The van der Waals surface area contributed by atoms with Crippen molar-refractivity contribution in [1.82, 2.24) is 0 Å². The number of ether oxygens (including phenoxy) is 2. The zero-order valence-electron chi connectivity index (χ0n) is 24.2. The molecule has 8 heteroatoms. The van der Waals surface area contributed by atoms with Gasteiger partial charge in [0.2, 0.25) is 11.6 Å². The second kappa shape index (κ2) is 11.9. The first-order valence-electron chi connectivity index (χ1n) is 14.5. The van der Waals surface area contributed by atoms with Crippen molar-refractivity contribution in [2.75, 3.05) is 10.6 Å². The summed E-state index contributed by atoms with van der Waals surface area (Å²) in [5.41, 5.74) is 0.747. The van der Waals surface area contributed by atoms with Gasteiger partial charge >= 0.3 is 0 Å². The number of carbonyl (C=O) groups is 2. The number of hydrogen-bond donors (Lipinski definition) is 4. The van der Waals surface area contributed by atoms with Gasteiger partial charge in [0.15, 0.2) is 11.5 Å². The van der Waals surface area contributed by atoms with E-state index >= 15 is 0 Å². The van der Waals surface area contributed by atoms with Crippen molar-refractivity contribution in [1.29, 1.82) is 0 Å². The summed E-state index contributed by atoms with van der Waals surface area (Å²) in [5.74, 6) is -1.13. The van der Waals surface area contributed by atoms with Crippen LogP contribution in [0.1, 0.15) is 31.8 Å². The molecule has 0 radical (unpaired) electrons. The highest BCUT2D eigenvalue weighted by Gasteiger charge is 2.42. The standard InChI is InChI=1S/C38H26N2O6/c41-27-21-22-28(42)30-29(27)35(43)31-32(36(30)44)34(40-24-15-7-2-8-16-24)38(46-26-19-11-4-12-20-26)37(45-25-17-9-3-10-18-25)33(31)39-23-13-5-1-6-14-23/h1-22,39-42H. The summed E-state index contributed by atoms with van der Waals surface area (Å²) in [6.07, 6.45) is 0. The van der Waals surface area contributed by atoms with E-state index in [0.717, 1.165) is 0 Å². The van der Waals surface area contributed by atoms with Crippen LogP contribution >= 0.6 is 0 Å². The average Bonchev–Trinajstić information content (AvgIpc) is 3.09. The number of phenols is 2. The van der Waals surface area contributed by atoms with E-state index < -0.39 is 23.1 Å². The number of benzene rings is 6. The molecule has 0 amide bonds. The van der Waals surface area contributed by atoms with Gasteiger partial charge in [-0.15, -0.1) is 0 Å². The van der Waals surface area contributed by atoms with E-state index in [1.165, 1.54) is 12.1 Å². The monoisotopic (exact) mass is 606 g/mol. The molecule has 0 saturated heterocycles. The van der Waals surface area contributed by atoms with E-state index in [4.69, 9.17) is 9.47 Å². The van der Waals surface area contributed by atoms with Gasteiger partial charge in [-0.05, 0) is 60.7 Å². The quantitative estimate of drug-likeness (QED) is 0.127. The Bertz CT molecular complexity index is 1930. The molecular formula is C38H26N2O6. The first-order chi connectivity index (χ1) is 22.5. The van der Waals surface area contributed by atoms with Gasteiger partial charge in [-0.25, -0.2) is 0 Å². The van der Waals surface area contributed by atoms with Crippen LogP contribution in [0.4, 0.5) is 22.7 Å². The molecule has 224 valence electrons. The van der Waals surface area contributed by atoms with Gasteiger partial charge in [-0.1, -0.05) is 72.8 Å². The summed E-state index contributed by atoms with van der Waals surface area (Å²) >= 11 is 0. The molecule has 6 aromatic carbocycles. The number of para-hydroxylation sites is 4. The van der Waals surface area contributed by atoms with Gasteiger partial charge in [-0.2, -0.15) is 0 Å². The Morgan fingerprint density at radius 3 is 1.09 bits per heavy atom. The zero-order chi connectivity index (χ0) is 31.6. The summed E-state index contributed by atoms with van der Waals surface area (Å²) in [5, 5.41) is 28.3. The summed E-state index contributed by atoms with van der Waals surface area (Å²) in [4.78, 5) is 29.1. The van der Waals surface area contributed by atoms with Crippen molar-refractivity contribution < 1.29 is 29.3 Å². The van der Waals surface area contributed by atoms with E-state index in [1.807, 2.05) is 72.8 Å². The van der Waals surface area contributed by atoms with Crippen LogP contribution < -0.4 is 20.1 Å². The number of hydrogen-bond acceptors (Lipinski definition) is 8. The van der Waals surface area contributed by atoms with Crippen molar-refractivity contribution in [2.24, 2.45) is 0 Å². The predicted octanol–water partition coefficient (Wildman–Crippen LogP) is 8.95. The molecule has 6 aromatic rings. The Morgan fingerprint density at radius 1 is 0.413 bits per heavy atom. The van der Waals surface area contributed by atoms with Gasteiger partial charge in [0.05, 0.1) is 33.6 Å². The van der Waals surface area contributed by atoms with Crippen LogP contribution in [0.5, 0.6) is 34.5 Å². The van der Waals surface area contributed by atoms with Crippen molar-refractivity contribution >= 4 is 34.3 Å². The van der Waals surface area contributed by atoms with E-state index in [0.29, 0.717) is 22.9 Å². The molecule has 0 saturated carbocycles. The SMILES string of the molecule is O=C1c2c(O)ccc(O)c2C(=O)c2c(Nc3ccccc3)c(Oc3ccccc3)c(Oc3ccccc3)c(Nc3ccccc3)c21. The fraction of sp³-hybridized carbons (Fsp3) is 0. The third-order valence-corrected chi connectivity index (χ3v) is 7.49. The fourth-order valence-corrected chi connectivity index (χ4v) is 5.43. The number of fused-ring (bicyclic) bond motifs is 2. The van der Waals surface area contributed by atoms with Crippen molar-refractivity contribution in [3.63, 3.8) is 0 Å². The molecular weight excluding hydrogens is 580 g/mol. The van der Waals surface area contributed by atoms with Gasteiger partial charge in [0, 0.05) is 11.4 Å². The number of anilines is 4. The van der Waals surface area contributed by atoms with Crippen LogP contribution in [-0.2, 0) is 0 Å². The lowest BCUT2D eigenvalue weighted by atomic mass is 9.80. The number of phenolic OH excluding ortho intramolecular Hbond substituents is 2. The summed E-state index contributed by atoms with van der Waals surface area (Å²) < 4.78 is 13.1. The van der Waals surface area contributed by atoms with E-state index in [2.05, 4.69) is 10.6 Å². The highest BCUT2D eigenvalue weighted by Crippen LogP contribution is 2.55. The second-order valence-corrected chi connectivity index (χ2v) is 10.5. The molecule has 46 heavy (non-hydrogen) atoms. The summed E-state index contributed by atoms with van der Waals surface area (Å²) in [6.45, 7) is 0. The van der Waals surface area contributed by atoms with Crippen LogP contribution in [0.15, 0.2) is 133 Å². The van der Waals surface area contributed by atoms with Gasteiger partial charge in [-0.3, -0.25) is 9.59 Å². The zero-order valence-corrected chi connectivity index (χ0v) is 24.2. The van der Waals surface area contributed by atoms with E-state index in [-0.39, 0.29) is 45.1 Å². The molecule has 0 unspecified atom stereocenters. The Kier molecular flexibility index (Phi) is 7.28. The first-order valence-corrected chi connectivity index (χ1v) is 14.5. The normalized spacial score (nSPS) is 11.7. The molecule has 8 nitrogen and oxygen atoms in total. The van der Waals surface area contributed by atoms with Crippen LogP contribution in [0, 0.1) is 0 Å². The number of ketones is 2. The molecule has 4 N–H and O–H groups in total. The molecule has 1 aliphatic carbocycles. The van der Waals surface area contributed by atoms with Gasteiger partial charge in [0.1, 0.15) is 23.0 Å². The maximum atomic E-state index is 14.5. The van der Waals surface area contributed by atoms with E-state index in [9.17, 15) is 19.8 Å². The van der Waals surface area contributed by atoms with Crippen molar-refractivity contribution in [3.8, 4) is 34.5 Å². The lowest BCUT2D eigenvalue weighted by Gasteiger charge is -2.29. The Morgan fingerprint density at radius 2 is 0.739 bits per heavy atom. The molecule has 0 bridgehead atoms. The molecule has 0 aromatic heterocycles. The highest BCUT2D eigenvalue weighted by molar-refractivity contribution is 6.34. The average molecular weight is 607 g/mol. The minimum absolute atomic E-state index is 0.0629. The molecule has 7 rings (SSSR count). The Hall–Kier alpha value is -6.54. The number of carbonyl (C=O) groups excluding carboxylic acids is 2. The summed E-state index contributed by atoms with van der Waals surface area (Å²) in [6, 6.07) is 38.6. The highest BCUT2D eigenvalue weighted by atomic mass is 16.5. The lowest BCUT2D eigenvalue weighted by Crippen LogP contribution is -2.24. The van der Waals surface area contributed by atoms with E-state index in [1.54, 1.807) is 48.5 Å². The predicted molar refractivity (Wildman–Crippen MR) is 176 cm³/mol. The number of aromatic hydroxyl groups is 2. The van der Waals surface area contributed by atoms with Crippen LogP contribution in [0.3, 0.4) is 0 Å². The van der Waals surface area contributed by atoms with Crippen LogP contribution in [0.25, 0.3) is 0 Å². The Balaban J connectivity index is 1.60. The van der Waals surface area contributed by atoms with Crippen LogP contribution in [-0.4, -0.2) is 21.8 Å². The number of nitrogens with one attached hydrogen (secondary N) is 2. The Labute approximate surface area is 264 Å². The largest absolute Gasteiger partial charge is 0.507 e. The smallest absolute Gasteiger partial charge is 0.200 e. The van der Waals surface area contributed by atoms with Crippen LogP contribution in [0.2, 0.25) is 0 Å². The third kappa shape index (κ3) is 5.14. The first kappa shape index (κ1) is 28.2. The minimum Gasteiger partial charge on any atom is -0.507 e. The topological polar surface area (TPSA) is 117 Å². The molecule has 0 heterocycles. The van der Waals surface area contributed by atoms with Crippen molar-refractivity contribution in [2.45, 2.75) is 0 Å².